The molecule has 0 aliphatic carbocycles. The van der Waals surface area contributed by atoms with Crippen LogP contribution in [-0.4, -0.2) is 4.98 Å². The Morgan fingerprint density at radius 3 is 2.42 bits per heavy atom. The average Bonchev–Trinajstić information content (AvgIpc) is 2.13. The predicted molar refractivity (Wildman–Crippen MR) is 54.1 cm³/mol. The van der Waals surface area contributed by atoms with Crippen molar-refractivity contribution in [3.63, 3.8) is 0 Å². The van der Waals surface area contributed by atoms with E-state index in [0.29, 0.717) is 5.82 Å². The van der Waals surface area contributed by atoms with E-state index in [9.17, 15) is 0 Å². The first-order valence-corrected chi connectivity index (χ1v) is 4.45. The van der Waals surface area contributed by atoms with Gasteiger partial charge in [0.05, 0.1) is 0 Å². The lowest BCUT2D eigenvalue weighted by Gasteiger charge is -2.01. The number of aromatic nitrogens is 1. The topological polar surface area (TPSA) is 38.9 Å². The first kappa shape index (κ1) is 11.0. The third-order valence-electron chi connectivity index (χ3n) is 1.62. The number of nitrogens with zero attached hydrogens (tertiary/aromatic N) is 1. The second kappa shape index (κ2) is 5.58. The van der Waals surface area contributed by atoms with E-state index in [1.54, 1.807) is 0 Å². The largest absolute Gasteiger partial charge is 0.384 e. The van der Waals surface area contributed by atoms with Gasteiger partial charge in [0.25, 0.3) is 0 Å². The summed E-state index contributed by atoms with van der Waals surface area (Å²) in [5, 5.41) is 0. The lowest BCUT2D eigenvalue weighted by Crippen LogP contribution is -1.94. The number of pyridine rings is 1. The van der Waals surface area contributed by atoms with Crippen LogP contribution in [0.4, 0.5) is 5.82 Å². The Labute approximate surface area is 74.8 Å². The van der Waals surface area contributed by atoms with Crippen LogP contribution >= 0.6 is 0 Å². The van der Waals surface area contributed by atoms with E-state index in [-0.39, 0.29) is 0 Å². The van der Waals surface area contributed by atoms with Gasteiger partial charge in [0.1, 0.15) is 5.82 Å². The summed E-state index contributed by atoms with van der Waals surface area (Å²) in [7, 11) is 0. The van der Waals surface area contributed by atoms with E-state index >= 15 is 0 Å². The molecule has 2 heteroatoms. The Hall–Kier alpha value is -1.05. The summed E-state index contributed by atoms with van der Waals surface area (Å²) in [6.07, 6.45) is 2.84. The van der Waals surface area contributed by atoms with Crippen molar-refractivity contribution in [1.29, 1.82) is 0 Å². The van der Waals surface area contributed by atoms with Crippen LogP contribution in [0.3, 0.4) is 0 Å². The molecule has 68 valence electrons. The third-order valence-corrected chi connectivity index (χ3v) is 1.62. The molecular weight excluding hydrogens is 148 g/mol. The summed E-state index contributed by atoms with van der Waals surface area (Å²) < 4.78 is 0. The van der Waals surface area contributed by atoms with Crippen molar-refractivity contribution in [1.82, 2.24) is 4.98 Å². The second-order valence-corrected chi connectivity index (χ2v) is 2.39. The summed E-state index contributed by atoms with van der Waals surface area (Å²) in [4.78, 5) is 3.97. The molecule has 0 unspecified atom stereocenters. The zero-order chi connectivity index (χ0) is 9.56. The van der Waals surface area contributed by atoms with Gasteiger partial charge in [-0.3, -0.25) is 0 Å². The minimum Gasteiger partial charge on any atom is -0.384 e. The highest BCUT2D eigenvalue weighted by molar-refractivity contribution is 5.36. The summed E-state index contributed by atoms with van der Waals surface area (Å²) in [6.45, 7) is 8.16. The Bertz CT molecular complexity index is 231. The highest BCUT2D eigenvalue weighted by Crippen LogP contribution is 2.09. The van der Waals surface area contributed by atoms with Crippen molar-refractivity contribution in [2.75, 3.05) is 5.73 Å². The molecule has 0 aliphatic rings. The maximum Gasteiger partial charge on any atom is 0.123 e. The van der Waals surface area contributed by atoms with Gasteiger partial charge in [0, 0.05) is 6.20 Å². The molecule has 2 nitrogen and oxygen atoms in total. The highest BCUT2D eigenvalue weighted by Gasteiger charge is 1.95. The lowest BCUT2D eigenvalue weighted by atomic mass is 10.1. The van der Waals surface area contributed by atoms with Gasteiger partial charge in [-0.25, -0.2) is 4.98 Å². The summed E-state index contributed by atoms with van der Waals surface area (Å²) in [6, 6.07) is 1.93. The van der Waals surface area contributed by atoms with E-state index in [4.69, 9.17) is 5.73 Å². The molecule has 0 saturated carbocycles. The van der Waals surface area contributed by atoms with Crippen molar-refractivity contribution in [2.45, 2.75) is 34.1 Å². The molecule has 0 radical (unpaired) electrons. The lowest BCUT2D eigenvalue weighted by molar-refractivity contribution is 1.09. The van der Waals surface area contributed by atoms with E-state index in [2.05, 4.69) is 11.9 Å². The summed E-state index contributed by atoms with van der Waals surface area (Å²) in [5.41, 5.74) is 8.00. The van der Waals surface area contributed by atoms with Crippen LogP contribution in [0.25, 0.3) is 0 Å². The number of nitrogen functional groups attached to an aromatic ring is 1. The molecule has 0 amide bonds. The number of nitrogens with two attached hydrogens (primary N) is 1. The minimum absolute atomic E-state index is 0.613. The molecule has 0 spiro atoms. The average molecular weight is 166 g/mol. The van der Waals surface area contributed by atoms with E-state index < -0.39 is 0 Å². The zero-order valence-electron chi connectivity index (χ0n) is 8.39. The molecule has 1 aromatic heterocycles. The van der Waals surface area contributed by atoms with Crippen molar-refractivity contribution in [3.8, 4) is 0 Å². The molecule has 1 heterocycles. The number of rotatable bonds is 1. The molecule has 12 heavy (non-hydrogen) atoms. The van der Waals surface area contributed by atoms with Gasteiger partial charge in [-0.2, -0.15) is 0 Å². The first-order valence-electron chi connectivity index (χ1n) is 4.45. The second-order valence-electron chi connectivity index (χ2n) is 2.39. The van der Waals surface area contributed by atoms with Gasteiger partial charge in [-0.1, -0.05) is 20.8 Å². The summed E-state index contributed by atoms with van der Waals surface area (Å²) in [5.74, 6) is 0.613. The van der Waals surface area contributed by atoms with Crippen LogP contribution in [0.1, 0.15) is 31.9 Å². The Balaban J connectivity index is 0.000000561. The zero-order valence-corrected chi connectivity index (χ0v) is 8.39. The van der Waals surface area contributed by atoms with E-state index in [1.807, 2.05) is 33.0 Å². The number of hydrogen-bond acceptors (Lipinski definition) is 2. The molecular formula is C10H18N2. The van der Waals surface area contributed by atoms with Gasteiger partial charge in [-0.05, 0) is 30.5 Å². The molecule has 0 bridgehead atoms. The van der Waals surface area contributed by atoms with Crippen molar-refractivity contribution in [2.24, 2.45) is 0 Å². The van der Waals surface area contributed by atoms with Crippen molar-refractivity contribution < 1.29 is 0 Å². The van der Waals surface area contributed by atoms with Crippen LogP contribution in [0.2, 0.25) is 0 Å². The van der Waals surface area contributed by atoms with Crippen LogP contribution < -0.4 is 5.73 Å². The van der Waals surface area contributed by atoms with Crippen LogP contribution in [0.5, 0.6) is 0 Å². The fraction of sp³-hybridized carbons (Fsp3) is 0.500. The standard InChI is InChI=1S/C8H12N2.C2H6/c1-3-7-4-8(9)10-5-6(7)2;1-2/h4-5H,3H2,1-2H3,(H2,9,10);1-2H3. The van der Waals surface area contributed by atoms with Crippen molar-refractivity contribution in [3.05, 3.63) is 23.4 Å². The van der Waals surface area contributed by atoms with Gasteiger partial charge >= 0.3 is 0 Å². The molecule has 0 aliphatic heterocycles. The number of anilines is 1. The van der Waals surface area contributed by atoms with Gasteiger partial charge in [0.2, 0.25) is 0 Å². The van der Waals surface area contributed by atoms with Gasteiger partial charge < -0.3 is 5.73 Å². The third kappa shape index (κ3) is 2.91. The van der Waals surface area contributed by atoms with Gasteiger partial charge in [0.15, 0.2) is 0 Å². The van der Waals surface area contributed by atoms with E-state index in [1.165, 1.54) is 11.1 Å². The predicted octanol–water partition coefficient (Wildman–Crippen LogP) is 2.56. The maximum atomic E-state index is 5.49. The molecule has 1 rings (SSSR count). The quantitative estimate of drug-likeness (QED) is 0.696. The van der Waals surface area contributed by atoms with Crippen LogP contribution in [0.15, 0.2) is 12.3 Å². The molecule has 2 N–H and O–H groups in total. The SMILES string of the molecule is CC.CCc1cc(N)ncc1C. The normalized spacial score (nSPS) is 8.67. The van der Waals surface area contributed by atoms with Crippen molar-refractivity contribution >= 4 is 5.82 Å². The Kier molecular flexibility index (Phi) is 5.09. The molecule has 1 aromatic rings. The molecule has 0 fully saturated rings. The number of aryl methyl sites for hydroxylation is 2. The number of hydrogen-bond donors (Lipinski definition) is 1. The smallest absolute Gasteiger partial charge is 0.123 e. The van der Waals surface area contributed by atoms with Gasteiger partial charge in [-0.15, -0.1) is 0 Å². The molecule has 0 saturated heterocycles. The van der Waals surface area contributed by atoms with Crippen LogP contribution in [0, 0.1) is 6.92 Å². The monoisotopic (exact) mass is 166 g/mol. The summed E-state index contributed by atoms with van der Waals surface area (Å²) >= 11 is 0. The van der Waals surface area contributed by atoms with Crippen LogP contribution in [-0.2, 0) is 6.42 Å². The fourth-order valence-electron chi connectivity index (χ4n) is 0.965. The van der Waals surface area contributed by atoms with E-state index in [0.717, 1.165) is 6.42 Å². The highest BCUT2D eigenvalue weighted by atomic mass is 14.8. The maximum absolute atomic E-state index is 5.49. The Morgan fingerprint density at radius 1 is 1.42 bits per heavy atom. The fourth-order valence-corrected chi connectivity index (χ4v) is 0.965. The molecule has 0 aromatic carbocycles. The Morgan fingerprint density at radius 2 is 2.00 bits per heavy atom. The molecule has 0 atom stereocenters. The first-order chi connectivity index (χ1) is 5.74. The minimum atomic E-state index is 0.613.